The highest BCUT2D eigenvalue weighted by molar-refractivity contribution is 6.08. The largest absolute Gasteiger partial charge is 0.331 e. The molecule has 1 amide bonds. The predicted molar refractivity (Wildman–Crippen MR) is 127 cm³/mol. The summed E-state index contributed by atoms with van der Waals surface area (Å²) in [5, 5.41) is 2.15. The summed E-state index contributed by atoms with van der Waals surface area (Å²) in [7, 11) is 0. The quantitative estimate of drug-likeness (QED) is 0.392. The monoisotopic (exact) mass is 405 g/mol. The van der Waals surface area contributed by atoms with E-state index in [0.717, 1.165) is 34.7 Å². The van der Waals surface area contributed by atoms with Crippen molar-refractivity contribution in [3.05, 3.63) is 118 Å². The van der Waals surface area contributed by atoms with Crippen LogP contribution >= 0.6 is 0 Å². The van der Waals surface area contributed by atoms with E-state index in [0.29, 0.717) is 6.54 Å². The van der Waals surface area contributed by atoms with Gasteiger partial charge in [-0.2, -0.15) is 0 Å². The number of nitrogens with zero attached hydrogens (tertiary/aromatic N) is 1. The summed E-state index contributed by atoms with van der Waals surface area (Å²) in [5.74, 6) is 0.133. The highest BCUT2D eigenvalue weighted by atomic mass is 16.2. The Bertz CT molecular complexity index is 1250. The lowest BCUT2D eigenvalue weighted by Crippen LogP contribution is -2.40. The van der Waals surface area contributed by atoms with Crippen LogP contribution in [0.1, 0.15) is 38.2 Å². The minimum Gasteiger partial charge on any atom is -0.331 e. The molecule has 0 saturated carbocycles. The van der Waals surface area contributed by atoms with Crippen molar-refractivity contribution in [1.82, 2.24) is 4.90 Å². The molecule has 2 heteroatoms. The molecule has 1 aliphatic rings. The maximum atomic E-state index is 14.1. The maximum Gasteiger partial charge on any atom is 0.255 e. The molecule has 0 aromatic heterocycles. The number of rotatable bonds is 4. The molecule has 0 heterocycles. The molecule has 2 nitrogen and oxygen atoms in total. The van der Waals surface area contributed by atoms with Gasteiger partial charge in [-0.3, -0.25) is 4.79 Å². The van der Waals surface area contributed by atoms with Gasteiger partial charge in [-0.1, -0.05) is 90.5 Å². The smallest absolute Gasteiger partial charge is 0.255 e. The van der Waals surface area contributed by atoms with Gasteiger partial charge in [0.05, 0.1) is 5.56 Å². The summed E-state index contributed by atoms with van der Waals surface area (Å²) >= 11 is 0. The van der Waals surface area contributed by atoms with Gasteiger partial charge in [0, 0.05) is 12.6 Å². The van der Waals surface area contributed by atoms with E-state index >= 15 is 0 Å². The fourth-order valence-corrected chi connectivity index (χ4v) is 4.94. The van der Waals surface area contributed by atoms with Crippen LogP contribution < -0.4 is 0 Å². The second kappa shape index (κ2) is 8.03. The fourth-order valence-electron chi connectivity index (χ4n) is 4.94. The van der Waals surface area contributed by atoms with Crippen LogP contribution in [0.5, 0.6) is 0 Å². The van der Waals surface area contributed by atoms with E-state index in [-0.39, 0.29) is 11.9 Å². The van der Waals surface area contributed by atoms with Crippen molar-refractivity contribution in [2.45, 2.75) is 39.3 Å². The van der Waals surface area contributed by atoms with Crippen molar-refractivity contribution in [3.8, 4) is 0 Å². The molecule has 5 rings (SSSR count). The number of carbonyl (C=O) groups is 1. The normalized spacial score (nSPS) is 13.4. The van der Waals surface area contributed by atoms with E-state index < -0.39 is 0 Å². The molecule has 0 atom stereocenters. The molecule has 0 radical (unpaired) electrons. The van der Waals surface area contributed by atoms with Crippen LogP contribution in [0.25, 0.3) is 10.8 Å². The zero-order valence-electron chi connectivity index (χ0n) is 18.1. The Morgan fingerprint density at radius 2 is 1.55 bits per heavy atom. The third kappa shape index (κ3) is 3.74. The Labute approximate surface area is 184 Å². The lowest BCUT2D eigenvalue weighted by molar-refractivity contribution is 0.0669. The van der Waals surface area contributed by atoms with Gasteiger partial charge in [0.2, 0.25) is 0 Å². The Morgan fingerprint density at radius 3 is 2.29 bits per heavy atom. The summed E-state index contributed by atoms with van der Waals surface area (Å²) in [6, 6.07) is 29.7. The molecule has 4 aromatic rings. The molecule has 0 aliphatic heterocycles. The molecule has 1 aliphatic carbocycles. The van der Waals surface area contributed by atoms with Crippen molar-refractivity contribution in [2.75, 3.05) is 0 Å². The number of benzene rings is 4. The summed E-state index contributed by atoms with van der Waals surface area (Å²) < 4.78 is 0. The molecule has 154 valence electrons. The van der Waals surface area contributed by atoms with E-state index in [9.17, 15) is 4.79 Å². The highest BCUT2D eigenvalue weighted by Crippen LogP contribution is 2.30. The second-order valence-corrected chi connectivity index (χ2v) is 8.73. The molecular formula is C29H27NO. The average molecular weight is 406 g/mol. The van der Waals surface area contributed by atoms with Crippen LogP contribution in [-0.2, 0) is 19.4 Å². The van der Waals surface area contributed by atoms with E-state index in [1.165, 1.54) is 22.3 Å². The highest BCUT2D eigenvalue weighted by Gasteiger charge is 2.31. The predicted octanol–water partition coefficient (Wildman–Crippen LogP) is 6.27. The Morgan fingerprint density at radius 1 is 0.839 bits per heavy atom. The second-order valence-electron chi connectivity index (χ2n) is 8.73. The third-order valence-corrected chi connectivity index (χ3v) is 6.52. The van der Waals surface area contributed by atoms with Gasteiger partial charge in [0.25, 0.3) is 5.91 Å². The van der Waals surface area contributed by atoms with Gasteiger partial charge in [-0.05, 0) is 59.7 Å². The number of amides is 1. The molecule has 0 fully saturated rings. The Kier molecular flexibility index (Phi) is 5.07. The van der Waals surface area contributed by atoms with Crippen LogP contribution in [-0.4, -0.2) is 16.8 Å². The van der Waals surface area contributed by atoms with Crippen molar-refractivity contribution in [1.29, 1.82) is 0 Å². The summed E-state index contributed by atoms with van der Waals surface area (Å²) in [6.45, 7) is 4.78. The molecular weight excluding hydrogens is 378 g/mol. The average Bonchev–Trinajstić information content (AvgIpc) is 3.21. The first-order valence-electron chi connectivity index (χ1n) is 11.0. The SMILES string of the molecule is Cc1cccc(CN(C(=O)c2c(C)ccc3ccccc23)C2Cc3ccccc3C2)c1. The van der Waals surface area contributed by atoms with Crippen LogP contribution in [0.2, 0.25) is 0 Å². The minimum atomic E-state index is 0.133. The van der Waals surface area contributed by atoms with Gasteiger partial charge in [0.15, 0.2) is 0 Å². The van der Waals surface area contributed by atoms with Crippen LogP contribution in [0.3, 0.4) is 0 Å². The molecule has 0 N–H and O–H groups in total. The molecule has 31 heavy (non-hydrogen) atoms. The number of fused-ring (bicyclic) bond motifs is 2. The first kappa shape index (κ1) is 19.6. The topological polar surface area (TPSA) is 20.3 Å². The number of hydrogen-bond donors (Lipinski definition) is 0. The minimum absolute atomic E-state index is 0.133. The van der Waals surface area contributed by atoms with E-state index in [1.54, 1.807) is 0 Å². The zero-order valence-corrected chi connectivity index (χ0v) is 18.1. The van der Waals surface area contributed by atoms with Gasteiger partial charge in [-0.25, -0.2) is 0 Å². The van der Waals surface area contributed by atoms with Gasteiger partial charge >= 0.3 is 0 Å². The van der Waals surface area contributed by atoms with Crippen molar-refractivity contribution in [2.24, 2.45) is 0 Å². The lowest BCUT2D eigenvalue weighted by Gasteiger charge is -2.30. The molecule has 0 spiro atoms. The Balaban J connectivity index is 1.58. The van der Waals surface area contributed by atoms with E-state index in [2.05, 4.69) is 84.6 Å². The third-order valence-electron chi connectivity index (χ3n) is 6.52. The van der Waals surface area contributed by atoms with E-state index in [1.807, 2.05) is 19.1 Å². The summed E-state index contributed by atoms with van der Waals surface area (Å²) in [4.78, 5) is 16.2. The van der Waals surface area contributed by atoms with Gasteiger partial charge < -0.3 is 4.90 Å². The number of hydrogen-bond acceptors (Lipinski definition) is 1. The fraction of sp³-hybridized carbons (Fsp3) is 0.207. The molecule has 4 aromatic carbocycles. The van der Waals surface area contributed by atoms with Crippen molar-refractivity contribution in [3.63, 3.8) is 0 Å². The van der Waals surface area contributed by atoms with Crippen LogP contribution in [0.15, 0.2) is 84.9 Å². The first-order valence-corrected chi connectivity index (χ1v) is 11.0. The first-order chi connectivity index (χ1) is 15.1. The summed E-state index contributed by atoms with van der Waals surface area (Å²) in [5.41, 5.74) is 7.01. The van der Waals surface area contributed by atoms with Gasteiger partial charge in [-0.15, -0.1) is 0 Å². The zero-order chi connectivity index (χ0) is 21.4. The van der Waals surface area contributed by atoms with Crippen molar-refractivity contribution < 1.29 is 4.79 Å². The number of aryl methyl sites for hydroxylation is 2. The summed E-state index contributed by atoms with van der Waals surface area (Å²) in [6.07, 6.45) is 1.83. The van der Waals surface area contributed by atoms with Gasteiger partial charge in [0.1, 0.15) is 0 Å². The van der Waals surface area contributed by atoms with Crippen LogP contribution in [0.4, 0.5) is 0 Å². The molecule has 0 unspecified atom stereocenters. The van der Waals surface area contributed by atoms with E-state index in [4.69, 9.17) is 0 Å². The van der Waals surface area contributed by atoms with Crippen molar-refractivity contribution >= 4 is 16.7 Å². The molecule has 0 saturated heterocycles. The molecule has 0 bridgehead atoms. The standard InChI is InChI=1S/C29H27NO/c1-20-8-7-9-22(16-20)19-30(26-17-24-11-3-4-12-25(24)18-26)29(31)28-21(2)14-15-23-10-5-6-13-27(23)28/h3-16,26H,17-19H2,1-2H3. The van der Waals surface area contributed by atoms with Crippen LogP contribution in [0, 0.1) is 13.8 Å². The maximum absolute atomic E-state index is 14.1. The lowest BCUT2D eigenvalue weighted by atomic mass is 9.97. The Hall–Kier alpha value is -3.39. The number of carbonyl (C=O) groups excluding carboxylic acids is 1.